The first-order valence-electron chi connectivity index (χ1n) is 9.77. The third-order valence-electron chi connectivity index (χ3n) is 5.11. The highest BCUT2D eigenvalue weighted by Crippen LogP contribution is 2.24. The average Bonchev–Trinajstić information content (AvgIpc) is 2.73. The number of likely N-dealkylation sites (tertiary alicyclic amines) is 1. The number of carbonyl (C=O) groups is 2. The largest absolute Gasteiger partial charge is 0.338 e. The van der Waals surface area contributed by atoms with Gasteiger partial charge < -0.3 is 4.90 Å². The molecule has 0 bridgehead atoms. The number of aromatic nitrogens is 1. The van der Waals surface area contributed by atoms with E-state index in [-0.39, 0.29) is 17.6 Å². The summed E-state index contributed by atoms with van der Waals surface area (Å²) in [6, 6.07) is 13.0. The number of carbonyl (C=O) groups excluding carboxylic acids is 2. The number of hydrogen-bond acceptors (Lipinski definition) is 4. The molecule has 1 amide bonds. The van der Waals surface area contributed by atoms with Crippen LogP contribution in [-0.2, 0) is 4.79 Å². The Balaban J connectivity index is 1.72. The molecular weight excluding hydrogens is 350 g/mol. The van der Waals surface area contributed by atoms with E-state index >= 15 is 0 Å². The normalized spacial score (nSPS) is 16.6. The van der Waals surface area contributed by atoms with Crippen LogP contribution in [0.2, 0.25) is 0 Å². The van der Waals surface area contributed by atoms with Gasteiger partial charge in [-0.15, -0.1) is 0 Å². The number of amides is 1. The Bertz CT molecular complexity index is 897. The summed E-state index contributed by atoms with van der Waals surface area (Å²) in [5.41, 5.74) is 2.48. The predicted molar refractivity (Wildman–Crippen MR) is 107 cm³/mol. The summed E-state index contributed by atoms with van der Waals surface area (Å²) in [5, 5.41) is 9.25. The number of piperidine rings is 1. The minimum atomic E-state index is -0.0883. The molecule has 5 heteroatoms. The highest BCUT2D eigenvalue weighted by atomic mass is 16.2. The molecule has 5 nitrogen and oxygen atoms in total. The van der Waals surface area contributed by atoms with Gasteiger partial charge in [0, 0.05) is 37.2 Å². The van der Waals surface area contributed by atoms with Crippen molar-refractivity contribution in [3.63, 3.8) is 0 Å². The van der Waals surface area contributed by atoms with E-state index in [4.69, 9.17) is 0 Å². The van der Waals surface area contributed by atoms with Gasteiger partial charge in [0.2, 0.25) is 0 Å². The van der Waals surface area contributed by atoms with Gasteiger partial charge in [-0.05, 0) is 37.0 Å². The van der Waals surface area contributed by atoms with Gasteiger partial charge in [0.1, 0.15) is 5.78 Å². The Hall–Kier alpha value is -3.00. The molecule has 1 aliphatic rings. The molecule has 0 unspecified atom stereocenters. The van der Waals surface area contributed by atoms with E-state index in [1.54, 1.807) is 29.3 Å². The summed E-state index contributed by atoms with van der Waals surface area (Å²) in [7, 11) is 0. The molecule has 0 saturated carbocycles. The maximum absolute atomic E-state index is 12.9. The van der Waals surface area contributed by atoms with Crippen LogP contribution in [0.5, 0.6) is 0 Å². The van der Waals surface area contributed by atoms with Crippen LogP contribution in [0.4, 0.5) is 0 Å². The van der Waals surface area contributed by atoms with Gasteiger partial charge >= 0.3 is 0 Å². The van der Waals surface area contributed by atoms with Crippen molar-refractivity contribution in [2.45, 2.75) is 33.1 Å². The first kappa shape index (κ1) is 19.8. The fraction of sp³-hybridized carbons (Fsp3) is 0.391. The number of nitrogens with zero attached hydrogens (tertiary/aromatic N) is 3. The smallest absolute Gasteiger partial charge is 0.255 e. The van der Waals surface area contributed by atoms with Gasteiger partial charge in [0.05, 0.1) is 22.9 Å². The number of rotatable bonds is 5. The van der Waals surface area contributed by atoms with Gasteiger partial charge in [0.15, 0.2) is 0 Å². The second-order valence-corrected chi connectivity index (χ2v) is 7.74. The standard InChI is InChI=1S/C23H25N3O2/c1-16(2)12-22(27)19-7-5-11-26(15-19)23(28)18-9-10-21(25-14-18)20-8-4-3-6-17(20)13-24/h3-4,6,8-10,14,16,19H,5,7,11-12,15H2,1-2H3/t19-/m0/s1. The monoisotopic (exact) mass is 375 g/mol. The molecule has 0 radical (unpaired) electrons. The lowest BCUT2D eigenvalue weighted by molar-refractivity contribution is -0.124. The van der Waals surface area contributed by atoms with E-state index in [9.17, 15) is 14.9 Å². The molecule has 2 heterocycles. The van der Waals surface area contributed by atoms with Crippen molar-refractivity contribution in [3.8, 4) is 17.3 Å². The Kier molecular flexibility index (Phi) is 6.20. The highest BCUT2D eigenvalue weighted by molar-refractivity contribution is 5.95. The van der Waals surface area contributed by atoms with Crippen molar-refractivity contribution in [1.82, 2.24) is 9.88 Å². The zero-order valence-electron chi connectivity index (χ0n) is 16.4. The van der Waals surface area contributed by atoms with Crippen LogP contribution in [0, 0.1) is 23.2 Å². The summed E-state index contributed by atoms with van der Waals surface area (Å²) < 4.78 is 0. The molecule has 0 N–H and O–H groups in total. The molecule has 28 heavy (non-hydrogen) atoms. The van der Waals surface area contributed by atoms with E-state index in [1.165, 1.54) is 0 Å². The highest BCUT2D eigenvalue weighted by Gasteiger charge is 2.29. The molecule has 144 valence electrons. The lowest BCUT2D eigenvalue weighted by Gasteiger charge is -2.32. The third-order valence-corrected chi connectivity index (χ3v) is 5.11. The first-order valence-corrected chi connectivity index (χ1v) is 9.77. The second kappa shape index (κ2) is 8.79. The van der Waals surface area contributed by atoms with Gasteiger partial charge in [-0.2, -0.15) is 5.26 Å². The number of benzene rings is 1. The predicted octanol–water partition coefficient (Wildman–Crippen LogP) is 4.09. The van der Waals surface area contributed by atoms with Crippen LogP contribution < -0.4 is 0 Å². The molecule has 0 spiro atoms. The van der Waals surface area contributed by atoms with Gasteiger partial charge in [0.25, 0.3) is 5.91 Å². The molecule has 2 aromatic rings. The van der Waals surface area contributed by atoms with Crippen LogP contribution in [-0.4, -0.2) is 34.7 Å². The summed E-state index contributed by atoms with van der Waals surface area (Å²) in [4.78, 5) is 31.5. The Morgan fingerprint density at radius 1 is 1.25 bits per heavy atom. The van der Waals surface area contributed by atoms with Gasteiger partial charge in [-0.3, -0.25) is 14.6 Å². The Labute approximate surface area is 166 Å². The maximum Gasteiger partial charge on any atom is 0.255 e. The van der Waals surface area contributed by atoms with Crippen LogP contribution >= 0.6 is 0 Å². The molecule has 1 atom stereocenters. The molecule has 0 aliphatic carbocycles. The number of Topliss-reactive ketones (excluding diaryl/α,β-unsaturated/α-hetero) is 1. The number of pyridine rings is 1. The number of nitriles is 1. The van der Waals surface area contributed by atoms with Crippen molar-refractivity contribution in [3.05, 3.63) is 53.7 Å². The summed E-state index contributed by atoms with van der Waals surface area (Å²) in [6.07, 6.45) is 3.84. The summed E-state index contributed by atoms with van der Waals surface area (Å²) in [5.74, 6) is 0.449. The van der Waals surface area contributed by atoms with Gasteiger partial charge in [-0.1, -0.05) is 32.0 Å². The minimum Gasteiger partial charge on any atom is -0.338 e. The summed E-state index contributed by atoms with van der Waals surface area (Å²) >= 11 is 0. The molecule has 1 saturated heterocycles. The molecule has 3 rings (SSSR count). The quantitative estimate of drug-likeness (QED) is 0.789. The van der Waals surface area contributed by atoms with Crippen LogP contribution in [0.25, 0.3) is 11.3 Å². The zero-order valence-corrected chi connectivity index (χ0v) is 16.4. The van der Waals surface area contributed by atoms with Crippen LogP contribution in [0.1, 0.15) is 49.0 Å². The van der Waals surface area contributed by atoms with Crippen LogP contribution in [0.15, 0.2) is 42.6 Å². The maximum atomic E-state index is 12.9. The minimum absolute atomic E-state index is 0.0603. The molecule has 1 aromatic heterocycles. The summed E-state index contributed by atoms with van der Waals surface area (Å²) in [6.45, 7) is 5.25. The fourth-order valence-corrected chi connectivity index (χ4v) is 3.66. The van der Waals surface area contributed by atoms with E-state index in [0.29, 0.717) is 42.2 Å². The lowest BCUT2D eigenvalue weighted by Crippen LogP contribution is -2.42. The van der Waals surface area contributed by atoms with E-state index in [2.05, 4.69) is 11.1 Å². The van der Waals surface area contributed by atoms with Gasteiger partial charge in [-0.25, -0.2) is 0 Å². The topological polar surface area (TPSA) is 74.1 Å². The van der Waals surface area contributed by atoms with Crippen molar-refractivity contribution in [1.29, 1.82) is 5.26 Å². The number of hydrogen-bond donors (Lipinski definition) is 0. The molecule has 1 aromatic carbocycles. The van der Waals surface area contributed by atoms with Crippen molar-refractivity contribution in [2.75, 3.05) is 13.1 Å². The second-order valence-electron chi connectivity index (χ2n) is 7.74. The Morgan fingerprint density at radius 3 is 2.71 bits per heavy atom. The lowest BCUT2D eigenvalue weighted by atomic mass is 9.89. The van der Waals surface area contributed by atoms with Crippen molar-refractivity contribution in [2.24, 2.45) is 11.8 Å². The fourth-order valence-electron chi connectivity index (χ4n) is 3.66. The Morgan fingerprint density at radius 2 is 2.04 bits per heavy atom. The number of ketones is 1. The first-order chi connectivity index (χ1) is 13.5. The average molecular weight is 375 g/mol. The molecule has 1 aliphatic heterocycles. The zero-order chi connectivity index (χ0) is 20.1. The molecular formula is C23H25N3O2. The van der Waals surface area contributed by atoms with Crippen molar-refractivity contribution >= 4 is 11.7 Å². The van der Waals surface area contributed by atoms with E-state index in [0.717, 1.165) is 18.4 Å². The van der Waals surface area contributed by atoms with E-state index < -0.39 is 0 Å². The van der Waals surface area contributed by atoms with Crippen LogP contribution in [0.3, 0.4) is 0 Å². The SMILES string of the molecule is CC(C)CC(=O)[C@H]1CCCN(C(=O)c2ccc(-c3ccccc3C#N)nc2)C1. The van der Waals surface area contributed by atoms with Crippen molar-refractivity contribution < 1.29 is 9.59 Å². The molecule has 1 fully saturated rings. The van der Waals surface area contributed by atoms with E-state index in [1.807, 2.05) is 32.0 Å². The third kappa shape index (κ3) is 4.45.